The molecule has 16 heavy (non-hydrogen) atoms. The first-order chi connectivity index (χ1) is 7.79. The summed E-state index contributed by atoms with van der Waals surface area (Å²) in [6.45, 7) is 1.98. The molecular weight excluding hydrogens is 200 g/mol. The van der Waals surface area contributed by atoms with E-state index in [9.17, 15) is 5.11 Å². The zero-order valence-corrected chi connectivity index (χ0v) is 9.12. The van der Waals surface area contributed by atoms with Crippen molar-refractivity contribution in [2.45, 2.75) is 18.9 Å². The maximum Gasteiger partial charge on any atom is 0.0871 e. The van der Waals surface area contributed by atoms with Gasteiger partial charge in [-0.2, -0.15) is 0 Å². The lowest BCUT2D eigenvalue weighted by atomic mass is 9.93. The second-order valence-electron chi connectivity index (χ2n) is 3.81. The minimum Gasteiger partial charge on any atom is -0.388 e. The van der Waals surface area contributed by atoms with Gasteiger partial charge in [-0.15, -0.1) is 0 Å². The number of aliphatic hydroxyl groups is 1. The van der Waals surface area contributed by atoms with Crippen molar-refractivity contribution in [2.24, 2.45) is 0 Å². The quantitative estimate of drug-likeness (QED) is 0.852. The summed E-state index contributed by atoms with van der Waals surface area (Å²) in [5.74, 6) is 0.0119. The molecule has 0 aliphatic rings. The molecule has 2 aromatic rings. The molecule has 82 valence electrons. The number of hydrogen-bond acceptors (Lipinski definition) is 3. The van der Waals surface area contributed by atoms with Crippen molar-refractivity contribution in [1.82, 2.24) is 9.97 Å². The minimum atomic E-state index is -0.544. The van der Waals surface area contributed by atoms with Gasteiger partial charge in [0.1, 0.15) is 0 Å². The molecule has 0 unspecified atom stereocenters. The monoisotopic (exact) mass is 214 g/mol. The minimum absolute atomic E-state index is 0.0119. The third-order valence-corrected chi connectivity index (χ3v) is 2.71. The summed E-state index contributed by atoms with van der Waals surface area (Å²) in [5.41, 5.74) is 1.86. The van der Waals surface area contributed by atoms with Crippen molar-refractivity contribution in [3.8, 4) is 0 Å². The average molecular weight is 214 g/mol. The van der Waals surface area contributed by atoms with Crippen LogP contribution >= 0.6 is 0 Å². The van der Waals surface area contributed by atoms with Crippen LogP contribution in [0.15, 0.2) is 49.1 Å². The van der Waals surface area contributed by atoms with Crippen LogP contribution in [-0.4, -0.2) is 15.1 Å². The maximum absolute atomic E-state index is 10.2. The van der Waals surface area contributed by atoms with Crippen molar-refractivity contribution >= 4 is 0 Å². The third-order valence-electron chi connectivity index (χ3n) is 2.71. The van der Waals surface area contributed by atoms with E-state index in [0.717, 1.165) is 11.1 Å². The van der Waals surface area contributed by atoms with E-state index < -0.39 is 6.10 Å². The normalized spacial score (nSPS) is 14.4. The van der Waals surface area contributed by atoms with Crippen molar-refractivity contribution in [1.29, 1.82) is 0 Å². The van der Waals surface area contributed by atoms with Gasteiger partial charge in [-0.3, -0.25) is 9.97 Å². The summed E-state index contributed by atoms with van der Waals surface area (Å²) < 4.78 is 0. The van der Waals surface area contributed by atoms with Gasteiger partial charge < -0.3 is 5.11 Å². The van der Waals surface area contributed by atoms with Gasteiger partial charge in [-0.25, -0.2) is 0 Å². The fourth-order valence-electron chi connectivity index (χ4n) is 1.67. The molecule has 0 fully saturated rings. The van der Waals surface area contributed by atoms with Crippen LogP contribution in [-0.2, 0) is 0 Å². The van der Waals surface area contributed by atoms with Crippen LogP contribution in [0.4, 0.5) is 0 Å². The van der Waals surface area contributed by atoms with Gasteiger partial charge in [0.25, 0.3) is 0 Å². The maximum atomic E-state index is 10.2. The van der Waals surface area contributed by atoms with E-state index in [0.29, 0.717) is 0 Å². The smallest absolute Gasteiger partial charge is 0.0871 e. The van der Waals surface area contributed by atoms with E-state index in [2.05, 4.69) is 9.97 Å². The van der Waals surface area contributed by atoms with Crippen molar-refractivity contribution in [2.75, 3.05) is 0 Å². The first kappa shape index (κ1) is 10.8. The molecule has 0 amide bonds. The highest BCUT2D eigenvalue weighted by atomic mass is 16.3. The van der Waals surface area contributed by atoms with Crippen LogP contribution in [0, 0.1) is 0 Å². The van der Waals surface area contributed by atoms with Gasteiger partial charge in [0.15, 0.2) is 0 Å². The van der Waals surface area contributed by atoms with Crippen LogP contribution in [0.2, 0.25) is 0 Å². The predicted molar refractivity (Wildman–Crippen MR) is 61.8 cm³/mol. The second kappa shape index (κ2) is 4.86. The Morgan fingerprint density at radius 1 is 1.00 bits per heavy atom. The Bertz CT molecular complexity index is 387. The highest BCUT2D eigenvalue weighted by Crippen LogP contribution is 2.29. The van der Waals surface area contributed by atoms with Crippen LogP contribution in [0.25, 0.3) is 0 Å². The molecule has 1 N–H and O–H groups in total. The predicted octanol–water partition coefficient (Wildman–Crippen LogP) is 2.31. The zero-order chi connectivity index (χ0) is 11.4. The Morgan fingerprint density at radius 2 is 1.56 bits per heavy atom. The highest BCUT2D eigenvalue weighted by molar-refractivity contribution is 5.21. The lowest BCUT2D eigenvalue weighted by Crippen LogP contribution is -2.08. The summed E-state index contributed by atoms with van der Waals surface area (Å²) in [6.07, 6.45) is 6.36. The summed E-state index contributed by atoms with van der Waals surface area (Å²) in [6, 6.07) is 7.55. The van der Waals surface area contributed by atoms with E-state index >= 15 is 0 Å². The first-order valence-electron chi connectivity index (χ1n) is 5.27. The zero-order valence-electron chi connectivity index (χ0n) is 9.12. The number of aromatic nitrogens is 2. The van der Waals surface area contributed by atoms with E-state index in [-0.39, 0.29) is 5.92 Å². The van der Waals surface area contributed by atoms with Crippen molar-refractivity contribution in [3.63, 3.8) is 0 Å². The highest BCUT2D eigenvalue weighted by Gasteiger charge is 2.18. The van der Waals surface area contributed by atoms with Gasteiger partial charge in [-0.1, -0.05) is 19.1 Å². The van der Waals surface area contributed by atoms with Gasteiger partial charge in [0, 0.05) is 30.7 Å². The van der Waals surface area contributed by atoms with Gasteiger partial charge >= 0.3 is 0 Å². The number of aliphatic hydroxyl groups excluding tert-OH is 1. The second-order valence-corrected chi connectivity index (χ2v) is 3.81. The molecule has 0 saturated carbocycles. The molecule has 0 aliphatic heterocycles. The lowest BCUT2D eigenvalue weighted by molar-refractivity contribution is 0.151. The molecule has 0 radical (unpaired) electrons. The fraction of sp³-hybridized carbons (Fsp3) is 0.231. The summed E-state index contributed by atoms with van der Waals surface area (Å²) >= 11 is 0. The summed E-state index contributed by atoms with van der Waals surface area (Å²) in [7, 11) is 0. The SMILES string of the molecule is C[C@@H](c1cccnc1)[C@H](O)c1cccnc1. The third kappa shape index (κ3) is 2.25. The molecule has 0 aliphatic carbocycles. The number of pyridine rings is 2. The van der Waals surface area contributed by atoms with Crippen molar-refractivity contribution < 1.29 is 5.11 Å². The first-order valence-corrected chi connectivity index (χ1v) is 5.27. The van der Waals surface area contributed by atoms with Crippen LogP contribution < -0.4 is 0 Å². The largest absolute Gasteiger partial charge is 0.388 e. The molecule has 0 aromatic carbocycles. The van der Waals surface area contributed by atoms with Gasteiger partial charge in [0.2, 0.25) is 0 Å². The molecule has 2 aromatic heterocycles. The molecule has 2 atom stereocenters. The molecular formula is C13H14N2O. The Hall–Kier alpha value is -1.74. The Morgan fingerprint density at radius 3 is 2.06 bits per heavy atom. The average Bonchev–Trinajstić information content (AvgIpc) is 2.39. The Kier molecular flexibility index (Phi) is 3.27. The van der Waals surface area contributed by atoms with Crippen LogP contribution in [0.1, 0.15) is 30.1 Å². The Balaban J connectivity index is 2.20. The number of rotatable bonds is 3. The molecule has 3 heteroatoms. The van der Waals surface area contributed by atoms with E-state index in [4.69, 9.17) is 0 Å². The van der Waals surface area contributed by atoms with Gasteiger partial charge in [0.05, 0.1) is 6.10 Å². The number of nitrogens with zero attached hydrogens (tertiary/aromatic N) is 2. The van der Waals surface area contributed by atoms with Crippen LogP contribution in [0.3, 0.4) is 0 Å². The van der Waals surface area contributed by atoms with Crippen LogP contribution in [0.5, 0.6) is 0 Å². The standard InChI is InChI=1S/C13H14N2O/c1-10(11-4-2-6-14-8-11)13(16)12-5-3-7-15-9-12/h2-10,13,16H,1H3/t10-,13-/m0/s1. The Labute approximate surface area is 94.8 Å². The van der Waals surface area contributed by atoms with Gasteiger partial charge in [-0.05, 0) is 23.3 Å². The van der Waals surface area contributed by atoms with E-state index in [1.54, 1.807) is 24.8 Å². The fourth-order valence-corrected chi connectivity index (χ4v) is 1.67. The topological polar surface area (TPSA) is 46.0 Å². The van der Waals surface area contributed by atoms with E-state index in [1.165, 1.54) is 0 Å². The molecule has 2 heterocycles. The molecule has 2 rings (SSSR count). The summed E-state index contributed by atoms with van der Waals surface area (Å²) in [4.78, 5) is 8.06. The molecule has 0 bridgehead atoms. The summed E-state index contributed by atoms with van der Waals surface area (Å²) in [5, 5.41) is 10.2. The molecule has 0 spiro atoms. The molecule has 0 saturated heterocycles. The van der Waals surface area contributed by atoms with Crippen molar-refractivity contribution in [3.05, 3.63) is 60.2 Å². The van der Waals surface area contributed by atoms with E-state index in [1.807, 2.05) is 31.2 Å². The number of hydrogen-bond donors (Lipinski definition) is 1. The molecule has 3 nitrogen and oxygen atoms in total. The lowest BCUT2D eigenvalue weighted by Gasteiger charge is -2.18.